The fraction of sp³-hybridized carbons (Fsp3) is 0.558. The number of nitrogens with zero attached hydrogens (tertiary/aromatic N) is 4. The number of hydrogen-bond acceptors (Lipinski definition) is 10. The number of ether oxygens (including phenoxy) is 2. The maximum absolute atomic E-state index is 14.6. The van der Waals surface area contributed by atoms with Crippen LogP contribution in [0.3, 0.4) is 0 Å². The highest BCUT2D eigenvalue weighted by molar-refractivity contribution is 7.86. The van der Waals surface area contributed by atoms with Gasteiger partial charge >= 0.3 is 6.09 Å². The lowest BCUT2D eigenvalue weighted by Crippen LogP contribution is -2.60. The van der Waals surface area contributed by atoms with Gasteiger partial charge in [0.25, 0.3) is 21.9 Å². The molecule has 1 aliphatic carbocycles. The van der Waals surface area contributed by atoms with Gasteiger partial charge < -0.3 is 34.5 Å². The second-order valence-electron chi connectivity index (χ2n) is 16.8. The molecule has 0 spiro atoms. The number of aryl methyl sites for hydroxylation is 2. The van der Waals surface area contributed by atoms with Gasteiger partial charge in [-0.1, -0.05) is 31.4 Å². The smallest absolute Gasteiger partial charge is 0.410 e. The standard InChI is InChI=1S/C43H58F2N6O10S/c1-27-12-11-15-30(24-27)62(57,58)60-23-22-59-21-16-46-39(53)35-31-25-32(44)33(45)26-34(31)49(7)37(35)41(55)51-19-17-50(18-20-51)40(54)36(29-13-9-8-10-14-29)47-38(52)28(2)48(6)42(56)61-43(3,4)5/h11-12,15,24-26,28-29,36H,8-10,13-14,16-23H2,1-7H3,(H,46,53)(H,47,52)/t28-,36-/m0/s1. The topological polar surface area (TPSA) is 186 Å². The van der Waals surface area contributed by atoms with E-state index in [1.165, 1.54) is 40.6 Å². The van der Waals surface area contributed by atoms with Gasteiger partial charge in [-0.05, 0) is 77.1 Å². The van der Waals surface area contributed by atoms with E-state index in [1.807, 2.05) is 0 Å². The molecule has 340 valence electrons. The number of carbonyl (C=O) groups excluding carboxylic acids is 5. The van der Waals surface area contributed by atoms with Crippen LogP contribution in [0, 0.1) is 24.5 Å². The molecule has 5 amide bonds. The van der Waals surface area contributed by atoms with Crippen LogP contribution in [0.5, 0.6) is 0 Å². The number of likely N-dealkylation sites (N-methyl/N-ethyl adjacent to an activating group) is 1. The highest BCUT2D eigenvalue weighted by Crippen LogP contribution is 2.31. The van der Waals surface area contributed by atoms with Gasteiger partial charge in [-0.3, -0.25) is 28.3 Å². The third kappa shape index (κ3) is 11.7. The Morgan fingerprint density at radius 2 is 1.56 bits per heavy atom. The minimum absolute atomic E-state index is 0.00865. The van der Waals surface area contributed by atoms with Gasteiger partial charge in [-0.25, -0.2) is 13.6 Å². The van der Waals surface area contributed by atoms with E-state index in [9.17, 15) is 41.2 Å². The zero-order valence-electron chi connectivity index (χ0n) is 36.4. The fourth-order valence-corrected chi connectivity index (χ4v) is 8.64. The number of carbonyl (C=O) groups is 5. The van der Waals surface area contributed by atoms with Gasteiger partial charge in [-0.15, -0.1) is 0 Å². The lowest BCUT2D eigenvalue weighted by atomic mass is 9.83. The lowest BCUT2D eigenvalue weighted by Gasteiger charge is -2.39. The molecule has 0 unspecified atom stereocenters. The van der Waals surface area contributed by atoms with Crippen molar-refractivity contribution < 1.29 is 54.8 Å². The molecule has 3 aromatic rings. The van der Waals surface area contributed by atoms with E-state index in [-0.39, 0.29) is 91.4 Å². The molecule has 0 radical (unpaired) electrons. The number of piperazine rings is 1. The van der Waals surface area contributed by atoms with Crippen LogP contribution >= 0.6 is 0 Å². The second-order valence-corrected chi connectivity index (χ2v) is 18.4. The highest BCUT2D eigenvalue weighted by atomic mass is 32.2. The van der Waals surface area contributed by atoms with E-state index in [0.717, 1.165) is 49.8 Å². The van der Waals surface area contributed by atoms with Gasteiger partial charge in [0.05, 0.1) is 35.8 Å². The Balaban J connectivity index is 1.23. The van der Waals surface area contributed by atoms with Crippen LogP contribution in [0.4, 0.5) is 13.6 Å². The Morgan fingerprint density at radius 1 is 0.919 bits per heavy atom. The van der Waals surface area contributed by atoms with Crippen molar-refractivity contribution in [2.45, 2.75) is 89.3 Å². The quantitative estimate of drug-likeness (QED) is 0.162. The van der Waals surface area contributed by atoms with Gasteiger partial charge in [-0.2, -0.15) is 8.42 Å². The minimum atomic E-state index is -4.00. The predicted octanol–water partition coefficient (Wildman–Crippen LogP) is 4.52. The zero-order chi connectivity index (χ0) is 45.5. The largest absolute Gasteiger partial charge is 0.444 e. The molecular formula is C43H58F2N6O10S. The van der Waals surface area contributed by atoms with Gasteiger partial charge in [0.2, 0.25) is 11.8 Å². The first-order chi connectivity index (χ1) is 29.2. The molecular weight excluding hydrogens is 831 g/mol. The molecule has 19 heteroatoms. The Bertz CT molecular complexity index is 2250. The molecule has 1 aromatic heterocycles. The monoisotopic (exact) mass is 888 g/mol. The molecule has 1 saturated carbocycles. The van der Waals surface area contributed by atoms with Crippen LogP contribution in [0.25, 0.3) is 10.9 Å². The Hall–Kier alpha value is -5.14. The van der Waals surface area contributed by atoms with Crippen molar-refractivity contribution in [1.82, 2.24) is 29.9 Å². The molecule has 2 aromatic carbocycles. The van der Waals surface area contributed by atoms with E-state index < -0.39 is 63.3 Å². The molecule has 2 aliphatic rings. The summed E-state index contributed by atoms with van der Waals surface area (Å²) in [6.07, 6.45) is 3.61. The predicted molar refractivity (Wildman–Crippen MR) is 225 cm³/mol. The van der Waals surface area contributed by atoms with E-state index in [4.69, 9.17) is 13.7 Å². The third-order valence-electron chi connectivity index (χ3n) is 11.2. The van der Waals surface area contributed by atoms with Crippen molar-refractivity contribution in [3.05, 3.63) is 64.9 Å². The molecule has 2 atom stereocenters. The fourth-order valence-electron chi connectivity index (χ4n) is 7.65. The molecule has 1 saturated heterocycles. The maximum atomic E-state index is 14.6. The van der Waals surface area contributed by atoms with E-state index in [0.29, 0.717) is 0 Å². The van der Waals surface area contributed by atoms with Crippen molar-refractivity contribution >= 4 is 50.7 Å². The molecule has 62 heavy (non-hydrogen) atoms. The summed E-state index contributed by atoms with van der Waals surface area (Å²) in [5, 5.41) is 5.59. The number of benzene rings is 2. The summed E-state index contributed by atoms with van der Waals surface area (Å²) >= 11 is 0. The van der Waals surface area contributed by atoms with Crippen LogP contribution in [0.15, 0.2) is 41.3 Å². The Morgan fingerprint density at radius 3 is 2.21 bits per heavy atom. The number of aromatic nitrogens is 1. The first-order valence-corrected chi connectivity index (χ1v) is 22.2. The number of amides is 5. The normalized spacial score (nSPS) is 16.1. The summed E-state index contributed by atoms with van der Waals surface area (Å²) in [6, 6.07) is 6.24. The van der Waals surface area contributed by atoms with Crippen LogP contribution < -0.4 is 10.6 Å². The van der Waals surface area contributed by atoms with Crippen LogP contribution in [0.1, 0.15) is 86.2 Å². The number of fused-ring (bicyclic) bond motifs is 1. The molecule has 5 rings (SSSR count). The molecule has 2 heterocycles. The van der Waals surface area contributed by atoms with Crippen molar-refractivity contribution in [1.29, 1.82) is 0 Å². The average Bonchev–Trinajstić information content (AvgIpc) is 3.51. The van der Waals surface area contributed by atoms with Crippen molar-refractivity contribution in [2.24, 2.45) is 13.0 Å². The van der Waals surface area contributed by atoms with Crippen LogP contribution in [-0.2, 0) is 40.4 Å². The summed E-state index contributed by atoms with van der Waals surface area (Å²) in [5.74, 6) is -4.66. The Kier molecular flexibility index (Phi) is 15.7. The number of nitrogens with one attached hydrogen (secondary N) is 2. The third-order valence-corrected chi connectivity index (χ3v) is 12.5. The van der Waals surface area contributed by atoms with Gasteiger partial charge in [0.1, 0.15) is 23.4 Å². The minimum Gasteiger partial charge on any atom is -0.444 e. The summed E-state index contributed by atoms with van der Waals surface area (Å²) < 4.78 is 71.3. The van der Waals surface area contributed by atoms with E-state index in [2.05, 4.69) is 10.6 Å². The molecule has 0 bridgehead atoms. The van der Waals surface area contributed by atoms with Gasteiger partial charge in [0.15, 0.2) is 11.6 Å². The lowest BCUT2D eigenvalue weighted by molar-refractivity contribution is -0.140. The summed E-state index contributed by atoms with van der Waals surface area (Å²) in [7, 11) is -1.07. The van der Waals surface area contributed by atoms with Crippen LogP contribution in [-0.4, -0.2) is 135 Å². The zero-order valence-corrected chi connectivity index (χ0v) is 37.2. The highest BCUT2D eigenvalue weighted by Gasteiger charge is 2.39. The number of rotatable bonds is 15. The molecule has 1 aliphatic heterocycles. The Labute approximate surface area is 361 Å². The molecule has 2 N–H and O–H groups in total. The molecule has 2 fully saturated rings. The van der Waals surface area contributed by atoms with E-state index >= 15 is 0 Å². The van der Waals surface area contributed by atoms with Crippen molar-refractivity contribution in [3.8, 4) is 0 Å². The first kappa shape index (κ1) is 47.9. The average molecular weight is 889 g/mol. The van der Waals surface area contributed by atoms with Crippen molar-refractivity contribution in [2.75, 3.05) is 59.6 Å². The number of halogens is 2. The van der Waals surface area contributed by atoms with Crippen LogP contribution in [0.2, 0.25) is 0 Å². The maximum Gasteiger partial charge on any atom is 0.410 e. The molecule has 16 nitrogen and oxygen atoms in total. The number of hydrogen-bond donors (Lipinski definition) is 2. The summed E-state index contributed by atoms with van der Waals surface area (Å²) in [5.41, 5.74) is -0.209. The first-order valence-electron chi connectivity index (χ1n) is 20.8. The van der Waals surface area contributed by atoms with E-state index in [1.54, 1.807) is 51.7 Å². The van der Waals surface area contributed by atoms with Crippen molar-refractivity contribution in [3.63, 3.8) is 0 Å². The van der Waals surface area contributed by atoms with Gasteiger partial charge in [0, 0.05) is 58.3 Å². The SMILES string of the molecule is Cc1cccc(S(=O)(=O)OCCOCCNC(=O)c2c(C(=O)N3CCN(C(=O)[C@@H](NC(=O)[C@H](C)N(C)C(=O)OC(C)(C)C)C4CCCCC4)CC3)n(C)c3cc(F)c(F)cc23)c1. The summed E-state index contributed by atoms with van der Waals surface area (Å²) in [6.45, 7) is 8.30. The summed E-state index contributed by atoms with van der Waals surface area (Å²) in [4.78, 5) is 72.7. The second kappa shape index (κ2) is 20.4.